The second-order valence-electron chi connectivity index (χ2n) is 7.86. The van der Waals surface area contributed by atoms with E-state index in [9.17, 15) is 0 Å². The minimum Gasteiger partial charge on any atom is -0.497 e. The molecule has 1 fully saturated rings. The van der Waals surface area contributed by atoms with Crippen LogP contribution in [0.25, 0.3) is 0 Å². The molecule has 176 valence electrons. The molecule has 1 aliphatic rings. The van der Waals surface area contributed by atoms with Crippen LogP contribution < -0.4 is 20.1 Å². The lowest BCUT2D eigenvalue weighted by atomic mass is 9.89. The van der Waals surface area contributed by atoms with Gasteiger partial charge in [-0.15, -0.1) is 24.0 Å². The first kappa shape index (κ1) is 26.3. The first-order valence-corrected chi connectivity index (χ1v) is 11.1. The highest BCUT2D eigenvalue weighted by molar-refractivity contribution is 14.0. The summed E-state index contributed by atoms with van der Waals surface area (Å²) in [5.74, 6) is 2.75. The highest BCUT2D eigenvalue weighted by atomic mass is 127. The molecule has 0 radical (unpaired) electrons. The van der Waals surface area contributed by atoms with Gasteiger partial charge in [-0.1, -0.05) is 29.8 Å². The van der Waals surface area contributed by atoms with E-state index in [1.165, 1.54) is 11.1 Å². The maximum Gasteiger partial charge on any atom is 0.191 e. The summed E-state index contributed by atoms with van der Waals surface area (Å²) in [4.78, 5) is 4.77. The average Bonchev–Trinajstić information content (AvgIpc) is 2.81. The first-order valence-electron chi connectivity index (χ1n) is 11.1. The molecule has 0 amide bonds. The molecule has 0 bridgehead atoms. The number of ether oxygens (including phenoxy) is 3. The van der Waals surface area contributed by atoms with E-state index in [2.05, 4.69) is 48.7 Å². The van der Waals surface area contributed by atoms with Crippen LogP contribution in [0.15, 0.2) is 47.5 Å². The number of hydrogen-bond donors (Lipinski definition) is 2. The Morgan fingerprint density at radius 2 is 1.88 bits per heavy atom. The fraction of sp³-hybridized carbons (Fsp3) is 0.480. The van der Waals surface area contributed by atoms with Gasteiger partial charge in [0.1, 0.15) is 11.5 Å². The van der Waals surface area contributed by atoms with Gasteiger partial charge in [0.25, 0.3) is 0 Å². The topological polar surface area (TPSA) is 64.1 Å². The summed E-state index contributed by atoms with van der Waals surface area (Å²) in [6.07, 6.45) is 2.34. The van der Waals surface area contributed by atoms with Gasteiger partial charge in [0, 0.05) is 37.2 Å². The molecule has 7 heteroatoms. The van der Waals surface area contributed by atoms with Crippen molar-refractivity contribution in [3.8, 4) is 11.5 Å². The van der Waals surface area contributed by atoms with E-state index in [0.717, 1.165) is 55.6 Å². The molecule has 3 rings (SSSR count). The van der Waals surface area contributed by atoms with Gasteiger partial charge in [-0.3, -0.25) is 0 Å². The van der Waals surface area contributed by atoms with E-state index in [1.807, 2.05) is 18.2 Å². The van der Waals surface area contributed by atoms with Crippen molar-refractivity contribution < 1.29 is 14.2 Å². The van der Waals surface area contributed by atoms with E-state index < -0.39 is 0 Å². The van der Waals surface area contributed by atoms with E-state index >= 15 is 0 Å². The van der Waals surface area contributed by atoms with Crippen molar-refractivity contribution in [3.63, 3.8) is 0 Å². The predicted molar refractivity (Wildman–Crippen MR) is 140 cm³/mol. The number of aliphatic imine (C=N–C) groups is 1. The molecule has 2 aromatic carbocycles. The number of aryl methyl sites for hydroxylation is 1. The quantitative estimate of drug-likeness (QED) is 0.278. The zero-order chi connectivity index (χ0) is 22.1. The van der Waals surface area contributed by atoms with Crippen LogP contribution in [0.1, 0.15) is 42.6 Å². The minimum absolute atomic E-state index is 0. The number of benzene rings is 2. The van der Waals surface area contributed by atoms with Crippen molar-refractivity contribution in [2.24, 2.45) is 10.9 Å². The third-order valence-electron chi connectivity index (χ3n) is 5.63. The Hall–Kier alpha value is -2.00. The number of rotatable bonds is 8. The number of hydrogen-bond acceptors (Lipinski definition) is 4. The maximum absolute atomic E-state index is 6.16. The summed E-state index contributed by atoms with van der Waals surface area (Å²) in [6.45, 7) is 7.13. The SMILES string of the molecule is CCNC(=NCc1ccc(OC)cc1OC)NCC1CCCOC1c1ccc(C)cc1.I. The number of nitrogens with zero attached hydrogens (tertiary/aromatic N) is 1. The Morgan fingerprint density at radius 3 is 2.56 bits per heavy atom. The monoisotopic (exact) mass is 553 g/mol. The summed E-state index contributed by atoms with van der Waals surface area (Å²) in [5.41, 5.74) is 3.53. The predicted octanol–water partition coefficient (Wildman–Crippen LogP) is 4.85. The maximum atomic E-state index is 6.16. The van der Waals surface area contributed by atoms with Gasteiger partial charge in [0.15, 0.2) is 5.96 Å². The molecule has 2 N–H and O–H groups in total. The second kappa shape index (κ2) is 13.5. The van der Waals surface area contributed by atoms with Crippen LogP contribution in [-0.2, 0) is 11.3 Å². The van der Waals surface area contributed by atoms with Crippen LogP contribution in [0, 0.1) is 12.8 Å². The largest absolute Gasteiger partial charge is 0.497 e. The van der Waals surface area contributed by atoms with Crippen LogP contribution >= 0.6 is 24.0 Å². The molecule has 2 aromatic rings. The highest BCUT2D eigenvalue weighted by Crippen LogP contribution is 2.33. The Bertz CT molecular complexity index is 858. The molecule has 32 heavy (non-hydrogen) atoms. The summed E-state index contributed by atoms with van der Waals surface area (Å²) < 4.78 is 16.9. The third kappa shape index (κ3) is 7.27. The molecule has 0 spiro atoms. The van der Waals surface area contributed by atoms with Crippen LogP contribution in [0.5, 0.6) is 11.5 Å². The number of methoxy groups -OCH3 is 2. The minimum atomic E-state index is 0. The van der Waals surface area contributed by atoms with Gasteiger partial charge in [-0.05, 0) is 44.4 Å². The second-order valence-corrected chi connectivity index (χ2v) is 7.86. The summed E-state index contributed by atoms with van der Waals surface area (Å²) in [7, 11) is 3.32. The van der Waals surface area contributed by atoms with Crippen LogP contribution in [-0.4, -0.2) is 39.9 Å². The van der Waals surface area contributed by atoms with Gasteiger partial charge < -0.3 is 24.8 Å². The molecule has 0 aromatic heterocycles. The van der Waals surface area contributed by atoms with Gasteiger partial charge in [0.05, 0.1) is 26.9 Å². The highest BCUT2D eigenvalue weighted by Gasteiger charge is 2.27. The summed E-state index contributed by atoms with van der Waals surface area (Å²) in [5, 5.41) is 6.87. The van der Waals surface area contributed by atoms with Gasteiger partial charge in [-0.2, -0.15) is 0 Å². The number of nitrogens with one attached hydrogen (secondary N) is 2. The molecule has 1 saturated heterocycles. The Balaban J connectivity index is 0.00000363. The van der Waals surface area contributed by atoms with E-state index in [4.69, 9.17) is 19.2 Å². The van der Waals surface area contributed by atoms with Crippen LogP contribution in [0.3, 0.4) is 0 Å². The van der Waals surface area contributed by atoms with Gasteiger partial charge in [0.2, 0.25) is 0 Å². The molecule has 1 aliphatic heterocycles. The molecular formula is C25H36IN3O3. The molecule has 1 heterocycles. The van der Waals surface area contributed by atoms with Crippen LogP contribution in [0.4, 0.5) is 0 Å². The van der Waals surface area contributed by atoms with Crippen molar-refractivity contribution in [2.45, 2.75) is 39.3 Å². The number of halogens is 1. The molecule has 6 nitrogen and oxygen atoms in total. The Kier molecular flexibility index (Phi) is 11.1. The fourth-order valence-corrected chi connectivity index (χ4v) is 3.89. The number of guanidine groups is 1. The van der Waals surface area contributed by atoms with Gasteiger partial charge in [-0.25, -0.2) is 4.99 Å². The standard InChI is InChI=1S/C25H35N3O3.HI/c1-5-26-25(27-16-20-12-13-22(29-3)15-23(20)30-4)28-17-21-7-6-14-31-24(21)19-10-8-18(2)9-11-19;/h8-13,15,21,24H,5-7,14,16-17H2,1-4H3,(H2,26,27,28);1H. The lowest BCUT2D eigenvalue weighted by Crippen LogP contribution is -2.42. The first-order chi connectivity index (χ1) is 15.1. The van der Waals surface area contributed by atoms with E-state index in [0.29, 0.717) is 12.5 Å². The van der Waals surface area contributed by atoms with E-state index in [-0.39, 0.29) is 30.1 Å². The fourth-order valence-electron chi connectivity index (χ4n) is 3.89. The van der Waals surface area contributed by atoms with Crippen molar-refractivity contribution in [1.82, 2.24) is 10.6 Å². The normalized spacial score (nSPS) is 18.4. The van der Waals surface area contributed by atoms with Crippen LogP contribution in [0.2, 0.25) is 0 Å². The molecule has 0 aliphatic carbocycles. The molecule has 2 unspecified atom stereocenters. The Labute approximate surface area is 209 Å². The lowest BCUT2D eigenvalue weighted by molar-refractivity contribution is -0.0265. The smallest absolute Gasteiger partial charge is 0.191 e. The molecular weight excluding hydrogens is 517 g/mol. The summed E-state index contributed by atoms with van der Waals surface area (Å²) in [6, 6.07) is 14.5. The summed E-state index contributed by atoms with van der Waals surface area (Å²) >= 11 is 0. The lowest BCUT2D eigenvalue weighted by Gasteiger charge is -2.32. The van der Waals surface area contributed by atoms with Crippen molar-refractivity contribution in [2.75, 3.05) is 33.9 Å². The van der Waals surface area contributed by atoms with Crippen molar-refractivity contribution in [3.05, 3.63) is 59.2 Å². The third-order valence-corrected chi connectivity index (χ3v) is 5.63. The zero-order valence-electron chi connectivity index (χ0n) is 19.5. The Morgan fingerprint density at radius 1 is 1.09 bits per heavy atom. The van der Waals surface area contributed by atoms with E-state index in [1.54, 1.807) is 14.2 Å². The van der Waals surface area contributed by atoms with Gasteiger partial charge >= 0.3 is 0 Å². The zero-order valence-corrected chi connectivity index (χ0v) is 21.8. The van der Waals surface area contributed by atoms with Crippen molar-refractivity contribution >= 4 is 29.9 Å². The molecule has 2 atom stereocenters. The average molecular weight is 553 g/mol. The van der Waals surface area contributed by atoms with Crippen molar-refractivity contribution in [1.29, 1.82) is 0 Å². The molecule has 0 saturated carbocycles.